The van der Waals surface area contributed by atoms with E-state index in [0.717, 1.165) is 59.1 Å². The second kappa shape index (κ2) is 22.7. The molecule has 398 valence electrons. The fourth-order valence-electron chi connectivity index (χ4n) is 10.1. The zero-order valence-corrected chi connectivity index (χ0v) is 44.3. The number of aliphatic hydroxyl groups is 1. The number of rotatable bonds is 14. The van der Waals surface area contributed by atoms with E-state index in [1.165, 1.54) is 41.1 Å². The lowest BCUT2D eigenvalue weighted by Crippen LogP contribution is -2.49. The average Bonchev–Trinajstić information content (AvgIpc) is 4.19. The molecule has 1 unspecified atom stereocenters. The van der Waals surface area contributed by atoms with Crippen LogP contribution in [0.5, 0.6) is 0 Å². The average molecular weight is 1080 g/mol. The Morgan fingerprint density at radius 3 is 2.34 bits per heavy atom. The van der Waals surface area contributed by atoms with Gasteiger partial charge < -0.3 is 35.0 Å². The summed E-state index contributed by atoms with van der Waals surface area (Å²) in [5.41, 5.74) is 1.25. The molecule has 8 rings (SSSR count). The third-order valence-corrected chi connectivity index (χ3v) is 15.4. The number of halogens is 4. The lowest BCUT2D eigenvalue weighted by atomic mass is 9.91. The molecule has 76 heavy (non-hydrogen) atoms. The van der Waals surface area contributed by atoms with E-state index in [1.54, 1.807) is 42.8 Å². The molecule has 0 bridgehead atoms. The first-order valence-electron chi connectivity index (χ1n) is 24.9. The van der Waals surface area contributed by atoms with Crippen molar-refractivity contribution in [2.24, 2.45) is 11.8 Å². The molecule has 3 N–H and O–H groups in total. The number of piperidine rings is 1. The van der Waals surface area contributed by atoms with Crippen molar-refractivity contribution in [1.29, 1.82) is 5.26 Å². The first-order valence-corrected chi connectivity index (χ1v) is 26.2. The van der Waals surface area contributed by atoms with E-state index in [2.05, 4.69) is 37.5 Å². The number of hydrogen-bond donors (Lipinski definition) is 3. The highest BCUT2D eigenvalue weighted by atomic mass is 32.1. The zero-order valence-electron chi connectivity index (χ0n) is 42.7. The first kappa shape index (κ1) is 55.2. The molecular weight excluding hydrogens is 1020 g/mol. The van der Waals surface area contributed by atoms with Gasteiger partial charge in [-0.15, -0.1) is 11.3 Å². The third-order valence-electron chi connectivity index (χ3n) is 14.1. The maximum absolute atomic E-state index is 15.5. The van der Waals surface area contributed by atoms with Crippen LogP contribution < -0.4 is 20.4 Å². The topological polar surface area (TPSA) is 188 Å². The number of alkyl halides is 3. The number of nitrogens with zero attached hydrogens (tertiary/aromatic N) is 7. The van der Waals surface area contributed by atoms with Crippen LogP contribution in [0.1, 0.15) is 105 Å². The van der Waals surface area contributed by atoms with Crippen LogP contribution in [0.3, 0.4) is 0 Å². The Morgan fingerprint density at radius 2 is 1.74 bits per heavy atom. The number of aliphatic hydroxyl groups excluding tert-OH is 1. The van der Waals surface area contributed by atoms with Crippen LogP contribution in [-0.2, 0) is 25.4 Å². The number of aromatic nitrogens is 2. The molecule has 5 heterocycles. The number of anilines is 2. The van der Waals surface area contributed by atoms with Gasteiger partial charge in [-0.1, -0.05) is 55.1 Å². The molecule has 15 nitrogen and oxygen atoms in total. The van der Waals surface area contributed by atoms with E-state index in [9.17, 15) is 42.7 Å². The second-order valence-electron chi connectivity index (χ2n) is 20.2. The number of carbonyl (C=O) groups is 4. The van der Waals surface area contributed by atoms with Crippen LogP contribution in [-0.4, -0.2) is 104 Å². The van der Waals surface area contributed by atoms with Crippen LogP contribution in [0.25, 0.3) is 10.4 Å². The normalized spacial score (nSPS) is 18.9. The molecule has 21 heteroatoms. The molecule has 4 amide bonds. The van der Waals surface area contributed by atoms with Gasteiger partial charge in [0.1, 0.15) is 28.8 Å². The van der Waals surface area contributed by atoms with Gasteiger partial charge in [-0.05, 0) is 119 Å². The predicted molar refractivity (Wildman–Crippen MR) is 281 cm³/mol. The van der Waals surface area contributed by atoms with Gasteiger partial charge in [0, 0.05) is 49.3 Å². The Morgan fingerprint density at radius 1 is 1.04 bits per heavy atom. The van der Waals surface area contributed by atoms with Crippen molar-refractivity contribution in [3.8, 4) is 28.4 Å². The number of benzene rings is 3. The van der Waals surface area contributed by atoms with Crippen LogP contribution in [0.2, 0.25) is 0 Å². The molecule has 0 radical (unpaired) electrons. The van der Waals surface area contributed by atoms with E-state index < -0.39 is 70.3 Å². The third kappa shape index (κ3) is 11.7. The number of β-amino-alcohol motifs (C(OH)–C–C–N with tert-alkyl or cyclic N) is 1. The van der Waals surface area contributed by atoms with Crippen molar-refractivity contribution < 1.29 is 46.4 Å². The molecular formula is C55H57F4N9O6S2. The summed E-state index contributed by atoms with van der Waals surface area (Å²) in [6.45, 7) is 12.9. The molecule has 0 saturated carbocycles. The largest absolute Gasteiger partial charge is 0.420 e. The van der Waals surface area contributed by atoms with Crippen molar-refractivity contribution in [2.45, 2.75) is 103 Å². The minimum absolute atomic E-state index is 0.0300. The van der Waals surface area contributed by atoms with Gasteiger partial charge >= 0.3 is 6.18 Å². The number of hydrogen-bond acceptors (Lipinski definition) is 12. The van der Waals surface area contributed by atoms with Crippen molar-refractivity contribution in [3.05, 3.63) is 117 Å². The van der Waals surface area contributed by atoms with Crippen molar-refractivity contribution >= 4 is 63.7 Å². The summed E-state index contributed by atoms with van der Waals surface area (Å²) in [7, 11) is 0. The van der Waals surface area contributed by atoms with Crippen LogP contribution >= 0.6 is 23.6 Å². The van der Waals surface area contributed by atoms with Crippen molar-refractivity contribution in [2.75, 3.05) is 42.5 Å². The minimum Gasteiger partial charge on any atom is -0.391 e. The quantitative estimate of drug-likeness (QED) is 0.0551. The first-order chi connectivity index (χ1) is 36.1. The van der Waals surface area contributed by atoms with E-state index >= 15 is 4.39 Å². The lowest BCUT2D eigenvalue weighted by Gasteiger charge is -2.30. The van der Waals surface area contributed by atoms with Crippen LogP contribution in [0.4, 0.5) is 28.9 Å². The number of thiocarbonyl (C=S) groups is 1. The van der Waals surface area contributed by atoms with Crippen LogP contribution in [0, 0.1) is 54.7 Å². The van der Waals surface area contributed by atoms with Gasteiger partial charge in [-0.25, -0.2) is 9.37 Å². The monoisotopic (exact) mass is 1080 g/mol. The Kier molecular flexibility index (Phi) is 16.5. The maximum Gasteiger partial charge on any atom is 0.420 e. The molecule has 0 aliphatic carbocycles. The predicted octanol–water partition coefficient (Wildman–Crippen LogP) is 8.19. The fourth-order valence-corrected chi connectivity index (χ4v) is 11.4. The van der Waals surface area contributed by atoms with Gasteiger partial charge in [0.15, 0.2) is 10.9 Å². The van der Waals surface area contributed by atoms with Gasteiger partial charge in [-0.2, -0.15) is 18.4 Å². The van der Waals surface area contributed by atoms with Gasteiger partial charge in [0.05, 0.1) is 57.7 Å². The van der Waals surface area contributed by atoms with E-state index in [1.807, 2.05) is 45.0 Å². The number of aryl methyl sites for hydroxylation is 2. The molecule has 3 aromatic carbocycles. The molecule has 3 saturated heterocycles. The Balaban J connectivity index is 0.862. The Bertz CT molecular complexity index is 3120. The smallest absolute Gasteiger partial charge is 0.391 e. The number of amides is 4. The fraction of sp³-hybridized carbons (Fsp3) is 0.418. The number of thiazole rings is 1. The number of likely N-dealkylation sites (tertiary alicyclic amines) is 2. The molecule has 2 aromatic heterocycles. The summed E-state index contributed by atoms with van der Waals surface area (Å²) in [5, 5.41) is 29.8. The Labute approximate surface area is 447 Å². The summed E-state index contributed by atoms with van der Waals surface area (Å²) < 4.78 is 62.5. The van der Waals surface area contributed by atoms with Gasteiger partial charge in [-0.3, -0.25) is 24.1 Å². The minimum atomic E-state index is -5.19. The summed E-state index contributed by atoms with van der Waals surface area (Å²) in [5.74, 6) is 2.50. The molecule has 5 aromatic rings. The highest BCUT2D eigenvalue weighted by Crippen LogP contribution is 2.42. The molecule has 0 spiro atoms. The summed E-state index contributed by atoms with van der Waals surface area (Å²) >= 11 is 7.09. The second-order valence-corrected chi connectivity index (χ2v) is 21.4. The molecule has 3 aliphatic heterocycles. The zero-order chi connectivity index (χ0) is 54.8. The lowest BCUT2D eigenvalue weighted by molar-refractivity contribution is -0.141. The number of carbonyl (C=O) groups excluding carboxylic acids is 4. The maximum atomic E-state index is 15.5. The highest BCUT2D eigenvalue weighted by molar-refractivity contribution is 7.81. The highest BCUT2D eigenvalue weighted by Gasteiger charge is 2.52. The SMILES string of the molecule is Cc1cc(C(C(=O)N2C[C@H](O)C[C@H]2C(=O)N[C@@H](CC(=O)NCCN2CCC(C#Cc3ccc(N4C(=S)N(c5ccc(C#N)c(C(F)(F)F)c5F)C(=O)C4(C)C)cc3)CC2)c2ccc(-c3scnc3C)cc2)C(C)C)on1. The van der Waals surface area contributed by atoms with Crippen LogP contribution in [0.15, 0.2) is 76.8 Å². The van der Waals surface area contributed by atoms with Gasteiger partial charge in [0.2, 0.25) is 17.7 Å². The van der Waals surface area contributed by atoms with Crippen molar-refractivity contribution in [1.82, 2.24) is 30.6 Å². The van der Waals surface area contributed by atoms with E-state index in [-0.39, 0.29) is 48.1 Å². The van der Waals surface area contributed by atoms with Gasteiger partial charge in [0.25, 0.3) is 5.91 Å². The molecule has 4 atom stereocenters. The summed E-state index contributed by atoms with van der Waals surface area (Å²) in [6, 6.07) is 17.5. The Hall–Kier alpha value is -7.04. The standard InChI is InChI=1S/C55H57F4N9O6S2/c1-31(2)46(44-25-32(3)64-74-44)51(72)66-29-40(69)26-43(66)50(71)63-41(36-11-13-37(14-12-36)49-33(4)62-30-76-49)27-45(70)61-21-24-65-22-19-35(20-23-65)8-7-34-9-16-39(17-10-34)68-53(75)67(52(73)54(68,5)6)42-18-15-38(28-60)47(48(42)56)55(57,58)59/h9-18,25,30-31,35,40-41,43,46,69H,19-24,26-27,29H2,1-6H3,(H,61,70)(H,63,71)/t40-,41+,43+,46?/m1/s1. The summed E-state index contributed by atoms with van der Waals surface area (Å²) in [4.78, 5) is 66.9. The van der Waals surface area contributed by atoms with Crippen molar-refractivity contribution in [3.63, 3.8) is 0 Å². The molecule has 3 fully saturated rings. The number of nitriles is 1. The molecule has 3 aliphatic rings. The number of nitrogens with one attached hydrogen (secondary N) is 2. The van der Waals surface area contributed by atoms with E-state index in [4.69, 9.17) is 16.7 Å². The summed E-state index contributed by atoms with van der Waals surface area (Å²) in [6.07, 6.45) is -4.60. The van der Waals surface area contributed by atoms with E-state index in [0.29, 0.717) is 41.4 Å².